The molecular weight excluding hydrogens is 344 g/mol. The van der Waals surface area contributed by atoms with Crippen molar-refractivity contribution in [3.8, 4) is 6.07 Å². The summed E-state index contributed by atoms with van der Waals surface area (Å²) in [5.41, 5.74) is 1.46. The molecule has 0 aromatic heterocycles. The van der Waals surface area contributed by atoms with Crippen molar-refractivity contribution in [2.24, 2.45) is 0 Å². The molecule has 136 valence electrons. The van der Waals surface area contributed by atoms with Crippen LogP contribution in [0, 0.1) is 21.4 Å². The molecule has 0 radical (unpaired) electrons. The number of rotatable bonds is 4. The van der Waals surface area contributed by atoms with Crippen molar-refractivity contribution in [1.82, 2.24) is 4.90 Å². The molecule has 0 aliphatic carbocycles. The summed E-state index contributed by atoms with van der Waals surface area (Å²) < 4.78 is 0. The molecule has 0 bridgehead atoms. The van der Waals surface area contributed by atoms with Crippen molar-refractivity contribution in [3.05, 3.63) is 75.8 Å². The van der Waals surface area contributed by atoms with E-state index in [0.29, 0.717) is 31.7 Å². The fraction of sp³-hybridized carbons (Fsp3) is 0.200. The Hall–Kier alpha value is -3.66. The van der Waals surface area contributed by atoms with E-state index in [1.165, 1.54) is 24.3 Å². The second-order valence-corrected chi connectivity index (χ2v) is 6.14. The highest BCUT2D eigenvalue weighted by atomic mass is 16.6. The van der Waals surface area contributed by atoms with Crippen molar-refractivity contribution < 1.29 is 9.72 Å². The maximum Gasteiger partial charge on any atom is 0.270 e. The molecule has 2 aromatic rings. The van der Waals surface area contributed by atoms with Gasteiger partial charge in [-0.2, -0.15) is 5.26 Å². The standard InChI is InChI=1S/C20H18N4O3/c21-15-17(13-16-5-4-8-19(14-16)24(26)27)20(25)23-11-9-22(10-12-23)18-6-2-1-3-7-18/h1-8,13-14H,9-12H2/b17-13-. The molecule has 0 unspecified atom stereocenters. The van der Waals surface area contributed by atoms with Crippen molar-refractivity contribution >= 4 is 23.4 Å². The zero-order valence-electron chi connectivity index (χ0n) is 14.6. The predicted molar refractivity (Wildman–Crippen MR) is 102 cm³/mol. The topological polar surface area (TPSA) is 90.5 Å². The van der Waals surface area contributed by atoms with Crippen molar-refractivity contribution in [2.75, 3.05) is 31.1 Å². The van der Waals surface area contributed by atoms with E-state index in [0.717, 1.165) is 5.69 Å². The largest absolute Gasteiger partial charge is 0.368 e. The first-order valence-electron chi connectivity index (χ1n) is 8.54. The Kier molecular flexibility index (Phi) is 5.47. The molecule has 1 fully saturated rings. The average Bonchev–Trinajstić information content (AvgIpc) is 2.72. The lowest BCUT2D eigenvalue weighted by Gasteiger charge is -2.36. The third kappa shape index (κ3) is 4.30. The monoisotopic (exact) mass is 362 g/mol. The Morgan fingerprint density at radius 1 is 1.07 bits per heavy atom. The van der Waals surface area contributed by atoms with Crippen LogP contribution in [0.3, 0.4) is 0 Å². The number of carbonyl (C=O) groups is 1. The Morgan fingerprint density at radius 3 is 2.41 bits per heavy atom. The number of hydrogen-bond donors (Lipinski definition) is 0. The number of nitro benzene ring substituents is 1. The predicted octanol–water partition coefficient (Wildman–Crippen LogP) is 2.85. The van der Waals surface area contributed by atoms with Crippen LogP contribution in [0.4, 0.5) is 11.4 Å². The van der Waals surface area contributed by atoms with Crippen LogP contribution in [-0.4, -0.2) is 41.9 Å². The highest BCUT2D eigenvalue weighted by Crippen LogP contribution is 2.19. The second kappa shape index (κ2) is 8.15. The normalized spacial score (nSPS) is 14.6. The molecule has 0 spiro atoms. The number of nitrogens with zero attached hydrogens (tertiary/aromatic N) is 4. The summed E-state index contributed by atoms with van der Waals surface area (Å²) >= 11 is 0. The van der Waals surface area contributed by atoms with E-state index in [9.17, 15) is 20.2 Å². The van der Waals surface area contributed by atoms with Crippen LogP contribution in [0.25, 0.3) is 6.08 Å². The van der Waals surface area contributed by atoms with Crippen LogP contribution in [0.5, 0.6) is 0 Å². The number of benzene rings is 2. The van der Waals surface area contributed by atoms with Gasteiger partial charge in [-0.25, -0.2) is 0 Å². The molecule has 7 nitrogen and oxygen atoms in total. The lowest BCUT2D eigenvalue weighted by atomic mass is 10.1. The van der Waals surface area contributed by atoms with Crippen molar-refractivity contribution in [1.29, 1.82) is 5.26 Å². The van der Waals surface area contributed by atoms with Crippen LogP contribution in [-0.2, 0) is 4.79 Å². The molecule has 1 aliphatic rings. The number of carbonyl (C=O) groups excluding carboxylic acids is 1. The maximum atomic E-state index is 12.7. The first-order chi connectivity index (χ1) is 13.1. The highest BCUT2D eigenvalue weighted by molar-refractivity contribution is 6.01. The van der Waals surface area contributed by atoms with E-state index in [1.54, 1.807) is 11.0 Å². The summed E-state index contributed by atoms with van der Waals surface area (Å²) in [6, 6.07) is 17.8. The van der Waals surface area contributed by atoms with Crippen LogP contribution in [0.15, 0.2) is 60.2 Å². The van der Waals surface area contributed by atoms with Crippen molar-refractivity contribution in [3.63, 3.8) is 0 Å². The van der Waals surface area contributed by atoms with Gasteiger partial charge < -0.3 is 9.80 Å². The third-order valence-corrected chi connectivity index (χ3v) is 4.43. The molecule has 2 aromatic carbocycles. The number of non-ortho nitro benzene ring substituents is 1. The van der Waals surface area contributed by atoms with Crippen LogP contribution >= 0.6 is 0 Å². The molecule has 7 heteroatoms. The number of nitro groups is 1. The zero-order valence-corrected chi connectivity index (χ0v) is 14.6. The van der Waals surface area contributed by atoms with Gasteiger partial charge in [-0.1, -0.05) is 30.3 Å². The van der Waals surface area contributed by atoms with E-state index in [-0.39, 0.29) is 17.2 Å². The van der Waals surface area contributed by atoms with E-state index in [2.05, 4.69) is 4.90 Å². The van der Waals surface area contributed by atoms with Crippen molar-refractivity contribution in [2.45, 2.75) is 0 Å². The molecule has 1 heterocycles. The van der Waals surface area contributed by atoms with Crippen LogP contribution in [0.1, 0.15) is 5.56 Å². The number of piperazine rings is 1. The first kappa shape index (κ1) is 18.1. The van der Waals surface area contributed by atoms with E-state index < -0.39 is 4.92 Å². The molecular formula is C20H18N4O3. The van der Waals surface area contributed by atoms with Gasteiger partial charge in [-0.15, -0.1) is 0 Å². The minimum absolute atomic E-state index is 0.0244. The molecule has 0 N–H and O–H groups in total. The maximum absolute atomic E-state index is 12.7. The van der Waals surface area contributed by atoms with E-state index in [1.807, 2.05) is 36.4 Å². The Balaban J connectivity index is 1.70. The minimum Gasteiger partial charge on any atom is -0.368 e. The summed E-state index contributed by atoms with van der Waals surface area (Å²) in [4.78, 5) is 26.9. The summed E-state index contributed by atoms with van der Waals surface area (Å²) in [5, 5.41) is 20.3. The molecule has 1 saturated heterocycles. The highest BCUT2D eigenvalue weighted by Gasteiger charge is 2.24. The number of para-hydroxylation sites is 1. The van der Waals surface area contributed by atoms with Crippen LogP contribution in [0.2, 0.25) is 0 Å². The fourth-order valence-corrected chi connectivity index (χ4v) is 3.01. The lowest BCUT2D eigenvalue weighted by molar-refractivity contribution is -0.384. The molecule has 0 saturated carbocycles. The van der Waals surface area contributed by atoms with Gasteiger partial charge in [0.25, 0.3) is 11.6 Å². The minimum atomic E-state index is -0.506. The number of hydrogen-bond acceptors (Lipinski definition) is 5. The van der Waals surface area contributed by atoms with Gasteiger partial charge >= 0.3 is 0 Å². The molecule has 3 rings (SSSR count). The first-order valence-corrected chi connectivity index (χ1v) is 8.54. The fourth-order valence-electron chi connectivity index (χ4n) is 3.01. The smallest absolute Gasteiger partial charge is 0.270 e. The van der Waals surface area contributed by atoms with Gasteiger partial charge in [-0.3, -0.25) is 14.9 Å². The SMILES string of the molecule is N#C/C(=C/c1cccc([N+](=O)[O-])c1)C(=O)N1CCN(c2ccccc2)CC1. The van der Waals surface area contributed by atoms with Gasteiger partial charge in [0, 0.05) is 44.0 Å². The summed E-state index contributed by atoms with van der Waals surface area (Å²) in [6.45, 7) is 2.40. The number of anilines is 1. The summed E-state index contributed by atoms with van der Waals surface area (Å²) in [7, 11) is 0. The van der Waals surface area contributed by atoms with Gasteiger partial charge in [0.15, 0.2) is 0 Å². The van der Waals surface area contributed by atoms with Gasteiger partial charge in [0.2, 0.25) is 0 Å². The van der Waals surface area contributed by atoms with E-state index >= 15 is 0 Å². The Bertz CT molecular complexity index is 910. The number of amides is 1. The summed E-state index contributed by atoms with van der Waals surface area (Å²) in [6.07, 6.45) is 1.40. The lowest BCUT2D eigenvalue weighted by Crippen LogP contribution is -2.49. The molecule has 0 atom stereocenters. The molecule has 27 heavy (non-hydrogen) atoms. The quantitative estimate of drug-likeness (QED) is 0.361. The Morgan fingerprint density at radius 2 is 1.78 bits per heavy atom. The van der Waals surface area contributed by atoms with Crippen LogP contribution < -0.4 is 4.90 Å². The van der Waals surface area contributed by atoms with Gasteiger partial charge in [0.05, 0.1) is 4.92 Å². The number of nitriles is 1. The zero-order chi connectivity index (χ0) is 19.2. The summed E-state index contributed by atoms with van der Waals surface area (Å²) in [5.74, 6) is -0.350. The van der Waals surface area contributed by atoms with Gasteiger partial charge in [-0.05, 0) is 23.8 Å². The average molecular weight is 362 g/mol. The molecule has 1 aliphatic heterocycles. The molecule has 1 amide bonds. The second-order valence-electron chi connectivity index (χ2n) is 6.14. The third-order valence-electron chi connectivity index (χ3n) is 4.43. The van der Waals surface area contributed by atoms with E-state index in [4.69, 9.17) is 0 Å². The Labute approximate surface area is 156 Å². The van der Waals surface area contributed by atoms with Gasteiger partial charge in [0.1, 0.15) is 11.6 Å².